The van der Waals surface area contributed by atoms with Crippen LogP contribution >= 0.6 is 11.3 Å². The van der Waals surface area contributed by atoms with Crippen LogP contribution in [0.15, 0.2) is 120 Å². The maximum atomic E-state index is 6.54. The minimum atomic E-state index is 0.00641. The summed E-state index contributed by atoms with van der Waals surface area (Å²) in [6, 6.07) is 43.5. The van der Waals surface area contributed by atoms with Crippen molar-refractivity contribution in [2.24, 2.45) is 0 Å². The topological polar surface area (TPSA) is 30.1 Å². The van der Waals surface area contributed by atoms with Crippen molar-refractivity contribution in [3.05, 3.63) is 138 Å². The Labute approximate surface area is 357 Å². The molecule has 0 bridgehead atoms. The molecular weight excluding hydrogens is 747 g/mol. The second-order valence-electron chi connectivity index (χ2n) is 20.3. The number of hydrogen-bond acceptors (Lipinski definition) is 3. The van der Waals surface area contributed by atoms with E-state index in [2.05, 4.69) is 202 Å². The molecule has 3 nitrogen and oxygen atoms in total. The molecule has 5 heteroatoms. The lowest BCUT2D eigenvalue weighted by Gasteiger charge is -2.27. The van der Waals surface area contributed by atoms with Crippen LogP contribution in [0.2, 0.25) is 0 Å². The molecule has 4 heterocycles. The lowest BCUT2D eigenvalue weighted by atomic mass is 9.58. The zero-order valence-electron chi connectivity index (χ0n) is 36.3. The molecule has 0 unspecified atom stereocenters. The van der Waals surface area contributed by atoms with Gasteiger partial charge in [-0.3, -0.25) is 0 Å². The Balaban J connectivity index is 1.22. The minimum absolute atomic E-state index is 0.00641. The van der Waals surface area contributed by atoms with E-state index >= 15 is 0 Å². The molecule has 0 atom stereocenters. The van der Waals surface area contributed by atoms with Crippen molar-refractivity contribution in [2.45, 2.75) is 85.5 Å². The quantitative estimate of drug-likeness (QED) is 0.181. The molecule has 7 aromatic carbocycles. The van der Waals surface area contributed by atoms with E-state index in [0.29, 0.717) is 0 Å². The number of benzene rings is 7. The molecule has 0 spiro atoms. The van der Waals surface area contributed by atoms with Gasteiger partial charge in [-0.25, -0.2) is 0 Å². The number of nitrogens with one attached hydrogen (secondary N) is 1. The van der Waals surface area contributed by atoms with E-state index in [1.54, 1.807) is 0 Å². The van der Waals surface area contributed by atoms with Crippen molar-refractivity contribution in [3.63, 3.8) is 0 Å². The maximum absolute atomic E-state index is 6.54. The van der Waals surface area contributed by atoms with E-state index in [9.17, 15) is 0 Å². The van der Waals surface area contributed by atoms with Crippen LogP contribution in [0.3, 0.4) is 0 Å². The fourth-order valence-electron chi connectivity index (χ4n) is 9.59. The van der Waals surface area contributed by atoms with Crippen molar-refractivity contribution >= 4 is 105 Å². The number of aryl methyl sites for hydroxylation is 1. The molecule has 0 amide bonds. The van der Waals surface area contributed by atoms with Crippen molar-refractivity contribution in [2.75, 3.05) is 5.32 Å². The lowest BCUT2D eigenvalue weighted by Crippen LogP contribution is -2.38. The summed E-state index contributed by atoms with van der Waals surface area (Å²) in [5, 5.41) is 11.4. The van der Waals surface area contributed by atoms with Crippen LogP contribution in [0, 0.1) is 6.92 Å². The molecule has 295 valence electrons. The summed E-state index contributed by atoms with van der Waals surface area (Å²) in [7, 11) is 2.46. The average Bonchev–Trinajstić information content (AvgIpc) is 3.86. The Bertz CT molecular complexity index is 3430. The highest BCUT2D eigenvalue weighted by Crippen LogP contribution is 2.46. The number of nitrogens with zero attached hydrogens (tertiary/aromatic N) is 1. The highest BCUT2D eigenvalue weighted by atomic mass is 32.1. The lowest BCUT2D eigenvalue weighted by molar-refractivity contribution is 0.590. The minimum Gasteiger partial charge on any atom is -0.456 e. The number of fused-ring (bicyclic) bond motifs is 11. The van der Waals surface area contributed by atoms with Gasteiger partial charge in [0.2, 0.25) is 0 Å². The van der Waals surface area contributed by atoms with Gasteiger partial charge in [-0.2, -0.15) is 0 Å². The molecule has 11 rings (SSSR count). The molecule has 10 aromatic rings. The van der Waals surface area contributed by atoms with Crippen LogP contribution in [0.4, 0.5) is 11.4 Å². The summed E-state index contributed by atoms with van der Waals surface area (Å²) in [5.41, 5.74) is 18.0. The Morgan fingerprint density at radius 3 is 2.00 bits per heavy atom. The summed E-state index contributed by atoms with van der Waals surface area (Å²) >= 11 is 1.91. The normalized spacial score (nSPS) is 13.3. The van der Waals surface area contributed by atoms with Crippen LogP contribution in [0.5, 0.6) is 0 Å². The Morgan fingerprint density at radius 2 is 1.25 bits per heavy atom. The Hall–Kier alpha value is -5.78. The van der Waals surface area contributed by atoms with Gasteiger partial charge in [-0.05, 0) is 105 Å². The van der Waals surface area contributed by atoms with Crippen LogP contribution < -0.4 is 16.2 Å². The highest BCUT2D eigenvalue weighted by Gasteiger charge is 2.30. The largest absolute Gasteiger partial charge is 0.456 e. The highest BCUT2D eigenvalue weighted by molar-refractivity contribution is 7.25. The summed E-state index contributed by atoms with van der Waals surface area (Å²) in [5.74, 6) is 0. The van der Waals surface area contributed by atoms with Gasteiger partial charge in [-0.1, -0.05) is 128 Å². The maximum Gasteiger partial charge on any atom is 0.197 e. The van der Waals surface area contributed by atoms with Gasteiger partial charge in [0.25, 0.3) is 0 Å². The molecule has 1 radical (unpaired) electrons. The predicted molar refractivity (Wildman–Crippen MR) is 262 cm³/mol. The van der Waals surface area contributed by atoms with Gasteiger partial charge in [0.05, 0.1) is 5.52 Å². The van der Waals surface area contributed by atoms with Crippen molar-refractivity contribution in [3.8, 4) is 16.8 Å². The van der Waals surface area contributed by atoms with E-state index in [-0.39, 0.29) is 16.2 Å². The second kappa shape index (κ2) is 12.6. The predicted octanol–water partition coefficient (Wildman–Crippen LogP) is 14.6. The van der Waals surface area contributed by atoms with Crippen LogP contribution in [0.25, 0.3) is 80.7 Å². The van der Waals surface area contributed by atoms with E-state index < -0.39 is 0 Å². The van der Waals surface area contributed by atoms with Crippen LogP contribution in [0.1, 0.15) is 84.6 Å². The van der Waals surface area contributed by atoms with Crippen molar-refractivity contribution in [1.29, 1.82) is 0 Å². The smallest absolute Gasteiger partial charge is 0.197 e. The van der Waals surface area contributed by atoms with Crippen molar-refractivity contribution in [1.82, 2.24) is 4.57 Å². The third-order valence-electron chi connectivity index (χ3n) is 13.0. The number of thiophene rings is 1. The first-order valence-electron chi connectivity index (χ1n) is 21.3. The first kappa shape index (κ1) is 37.2. The van der Waals surface area contributed by atoms with Gasteiger partial charge in [0.15, 0.2) is 7.28 Å². The molecule has 60 heavy (non-hydrogen) atoms. The number of rotatable bonds is 3. The number of hydrogen-bond donors (Lipinski definition) is 1. The van der Waals surface area contributed by atoms with Gasteiger partial charge >= 0.3 is 0 Å². The molecule has 3 aromatic heterocycles. The summed E-state index contributed by atoms with van der Waals surface area (Å²) < 4.78 is 11.7. The molecule has 1 aliphatic rings. The van der Waals surface area contributed by atoms with Crippen LogP contribution in [-0.2, 0) is 16.2 Å². The van der Waals surface area contributed by atoms with Gasteiger partial charge in [-0.15, -0.1) is 11.3 Å². The fourth-order valence-corrected chi connectivity index (χ4v) is 10.8. The third-order valence-corrected chi connectivity index (χ3v) is 14.1. The number of aromatic nitrogens is 1. The molecule has 1 N–H and O–H groups in total. The summed E-state index contributed by atoms with van der Waals surface area (Å²) in [6.45, 7) is 22.9. The standard InChI is InChI=1S/C55H50BN2OS/c1-30-23-40(37-28-49-39(36-21-17-33(55(8,9)10)25-48(36)60-49)27-43(37)57-34-19-15-31(16-20-34)53(2,3)4)51-52-50(30)41-26-38-35-13-11-12-14-46(35)59-47(38)29-45(41)58(52)44-22-18-32(54(5,6)7)24-42(44)56-51/h11-29,57H,1-10H3. The second-order valence-corrected chi connectivity index (χ2v) is 21.3. The van der Waals surface area contributed by atoms with Gasteiger partial charge < -0.3 is 14.3 Å². The Kier molecular flexibility index (Phi) is 7.84. The van der Waals surface area contributed by atoms with Gasteiger partial charge in [0, 0.05) is 75.9 Å². The van der Waals surface area contributed by atoms with Gasteiger partial charge in [0.1, 0.15) is 11.2 Å². The van der Waals surface area contributed by atoms with E-state index in [0.717, 1.165) is 33.3 Å². The SMILES string of the molecule is Cc1cc(-c2cc3sc4cc(C(C)(C)C)ccc4c3cc2Nc2ccc(C(C)(C)C)cc2)c2c3c1c1cc4c(cc1n3-c1ccc(C(C)(C)C)cc1[B]2)oc1ccccc14. The molecule has 0 fully saturated rings. The first-order chi connectivity index (χ1) is 28.5. The number of anilines is 2. The molecule has 0 aliphatic carbocycles. The first-order valence-corrected chi connectivity index (χ1v) is 22.1. The summed E-state index contributed by atoms with van der Waals surface area (Å²) in [4.78, 5) is 0. The molecule has 1 aliphatic heterocycles. The summed E-state index contributed by atoms with van der Waals surface area (Å²) in [6.07, 6.45) is 0. The third kappa shape index (κ3) is 5.69. The number of para-hydroxylation sites is 1. The Morgan fingerprint density at radius 1 is 0.567 bits per heavy atom. The average molecular weight is 798 g/mol. The van der Waals surface area contributed by atoms with E-state index in [1.807, 2.05) is 11.3 Å². The van der Waals surface area contributed by atoms with E-state index in [1.165, 1.54) is 92.0 Å². The monoisotopic (exact) mass is 797 g/mol. The zero-order chi connectivity index (χ0) is 41.6. The van der Waals surface area contributed by atoms with E-state index in [4.69, 9.17) is 4.42 Å². The molecule has 0 saturated heterocycles. The van der Waals surface area contributed by atoms with Crippen molar-refractivity contribution < 1.29 is 4.42 Å². The fraction of sp³-hybridized carbons (Fsp3) is 0.236. The molecular formula is C55H50BN2OS. The van der Waals surface area contributed by atoms with Crippen LogP contribution in [-0.4, -0.2) is 11.8 Å². The molecule has 0 saturated carbocycles. The number of furan rings is 1. The zero-order valence-corrected chi connectivity index (χ0v) is 37.1.